The first-order valence-corrected chi connectivity index (χ1v) is 10.8. The van der Waals surface area contributed by atoms with Crippen molar-refractivity contribution in [2.24, 2.45) is 5.92 Å². The summed E-state index contributed by atoms with van der Waals surface area (Å²) in [5.74, 6) is 1.59. The fourth-order valence-corrected chi connectivity index (χ4v) is 4.73. The summed E-state index contributed by atoms with van der Waals surface area (Å²) >= 11 is 0. The molecule has 1 saturated heterocycles. The zero-order chi connectivity index (χ0) is 22.9. The fraction of sp³-hybridized carbons (Fsp3) is 0.269. The Morgan fingerprint density at radius 1 is 1.03 bits per heavy atom. The van der Waals surface area contributed by atoms with E-state index in [4.69, 9.17) is 14.2 Å². The van der Waals surface area contributed by atoms with Crippen molar-refractivity contribution in [3.63, 3.8) is 0 Å². The van der Waals surface area contributed by atoms with Gasteiger partial charge in [-0.2, -0.15) is 0 Å². The molecule has 2 heterocycles. The van der Waals surface area contributed by atoms with Crippen LogP contribution < -0.4 is 14.2 Å². The van der Waals surface area contributed by atoms with Crippen LogP contribution in [0.3, 0.4) is 0 Å². The molecule has 0 saturated carbocycles. The van der Waals surface area contributed by atoms with Gasteiger partial charge in [0.2, 0.25) is 0 Å². The standard InChI is InChI=1S/C26H25FN2O4/c1-31-21-10-17(11-22(13-21)32-2)14-28-25-19(16-33-24-9-4-3-8-23(24)25)15-29(28)26(30)18-6-5-7-20(27)12-18/h3-13,19,25H,14-16H2,1-2H3/t19-,25-/m1/s1. The molecule has 6 nitrogen and oxygen atoms in total. The predicted molar refractivity (Wildman–Crippen MR) is 121 cm³/mol. The second-order valence-electron chi connectivity index (χ2n) is 8.27. The van der Waals surface area contributed by atoms with E-state index in [-0.39, 0.29) is 17.9 Å². The molecule has 3 aromatic carbocycles. The Balaban J connectivity index is 1.56. The highest BCUT2D eigenvalue weighted by molar-refractivity contribution is 5.94. The number of para-hydroxylation sites is 1. The number of hydrogen-bond donors (Lipinski definition) is 0. The molecule has 0 aromatic heterocycles. The van der Waals surface area contributed by atoms with E-state index < -0.39 is 5.82 Å². The smallest absolute Gasteiger partial charge is 0.268 e. The van der Waals surface area contributed by atoms with Crippen LogP contribution in [-0.4, -0.2) is 43.3 Å². The molecule has 0 aliphatic carbocycles. The maximum Gasteiger partial charge on any atom is 0.268 e. The molecule has 2 aliphatic heterocycles. The quantitative estimate of drug-likeness (QED) is 0.577. The predicted octanol–water partition coefficient (Wildman–Crippen LogP) is 4.47. The summed E-state index contributed by atoms with van der Waals surface area (Å²) < 4.78 is 30.8. The number of methoxy groups -OCH3 is 2. The molecule has 3 aromatic rings. The summed E-state index contributed by atoms with van der Waals surface area (Å²) in [7, 11) is 3.22. The monoisotopic (exact) mass is 448 g/mol. The first-order valence-electron chi connectivity index (χ1n) is 10.8. The number of benzene rings is 3. The van der Waals surface area contributed by atoms with Gasteiger partial charge in [-0.05, 0) is 42.0 Å². The molecular formula is C26H25FN2O4. The van der Waals surface area contributed by atoms with Gasteiger partial charge in [0, 0.05) is 36.2 Å². The highest BCUT2D eigenvalue weighted by atomic mass is 19.1. The van der Waals surface area contributed by atoms with Crippen LogP contribution in [-0.2, 0) is 6.54 Å². The van der Waals surface area contributed by atoms with Gasteiger partial charge in [-0.15, -0.1) is 0 Å². The lowest BCUT2D eigenvalue weighted by atomic mass is 9.91. The summed E-state index contributed by atoms with van der Waals surface area (Å²) in [6.07, 6.45) is 0. The van der Waals surface area contributed by atoms with E-state index in [9.17, 15) is 9.18 Å². The van der Waals surface area contributed by atoms with Crippen molar-refractivity contribution in [1.29, 1.82) is 0 Å². The number of carbonyl (C=O) groups is 1. The Kier molecular flexibility index (Phi) is 5.64. The maximum atomic E-state index is 13.9. The molecule has 0 unspecified atom stereocenters. The number of rotatable bonds is 5. The number of fused-ring (bicyclic) bond motifs is 3. The third-order valence-corrected chi connectivity index (χ3v) is 6.24. The van der Waals surface area contributed by atoms with E-state index in [1.54, 1.807) is 31.4 Å². The van der Waals surface area contributed by atoms with E-state index in [2.05, 4.69) is 5.01 Å². The van der Waals surface area contributed by atoms with Gasteiger partial charge in [-0.3, -0.25) is 9.80 Å². The first-order chi connectivity index (χ1) is 16.1. The lowest BCUT2D eigenvalue weighted by Crippen LogP contribution is -2.42. The highest BCUT2D eigenvalue weighted by Gasteiger charge is 2.46. The first kappa shape index (κ1) is 21.3. The second-order valence-corrected chi connectivity index (χ2v) is 8.27. The lowest BCUT2D eigenvalue weighted by molar-refractivity contribution is -0.00597. The van der Waals surface area contributed by atoms with Gasteiger partial charge in [-0.1, -0.05) is 24.3 Å². The number of nitrogens with zero attached hydrogens (tertiary/aromatic N) is 2. The minimum Gasteiger partial charge on any atom is -0.497 e. The molecular weight excluding hydrogens is 423 g/mol. The van der Waals surface area contributed by atoms with E-state index in [0.29, 0.717) is 36.8 Å². The SMILES string of the molecule is COc1cc(CN2[C@H]3c4ccccc4OC[C@H]3CN2C(=O)c2cccc(F)c2)cc(OC)c1. The number of hydrazine groups is 1. The van der Waals surface area contributed by atoms with Crippen LogP contribution in [0.5, 0.6) is 17.2 Å². The molecule has 5 rings (SSSR count). The summed E-state index contributed by atoms with van der Waals surface area (Å²) in [5, 5.41) is 3.79. The molecule has 1 fully saturated rings. The molecule has 0 bridgehead atoms. The van der Waals surface area contributed by atoms with Crippen LogP contribution in [0.15, 0.2) is 66.7 Å². The fourth-order valence-electron chi connectivity index (χ4n) is 4.73. The molecule has 0 N–H and O–H groups in total. The molecule has 0 radical (unpaired) electrons. The molecule has 2 aliphatic rings. The minimum atomic E-state index is -0.435. The molecule has 170 valence electrons. The van der Waals surface area contributed by atoms with Crippen molar-refractivity contribution in [2.75, 3.05) is 27.4 Å². The van der Waals surface area contributed by atoms with E-state index >= 15 is 0 Å². The second kappa shape index (κ2) is 8.75. The van der Waals surface area contributed by atoms with Gasteiger partial charge in [0.25, 0.3) is 5.91 Å². The van der Waals surface area contributed by atoms with Gasteiger partial charge in [0.1, 0.15) is 23.1 Å². The number of carbonyl (C=O) groups excluding carboxylic acids is 1. The van der Waals surface area contributed by atoms with Crippen molar-refractivity contribution < 1.29 is 23.4 Å². The van der Waals surface area contributed by atoms with Crippen LogP contribution in [0.2, 0.25) is 0 Å². The average molecular weight is 448 g/mol. The molecule has 2 atom stereocenters. The highest BCUT2D eigenvalue weighted by Crippen LogP contribution is 2.45. The van der Waals surface area contributed by atoms with Gasteiger partial charge >= 0.3 is 0 Å². The number of hydrogen-bond acceptors (Lipinski definition) is 5. The average Bonchev–Trinajstić information content (AvgIpc) is 3.21. The van der Waals surface area contributed by atoms with Crippen molar-refractivity contribution in [3.05, 3.63) is 89.2 Å². The largest absolute Gasteiger partial charge is 0.497 e. The zero-order valence-corrected chi connectivity index (χ0v) is 18.5. The lowest BCUT2D eigenvalue weighted by Gasteiger charge is -2.35. The van der Waals surface area contributed by atoms with Crippen molar-refractivity contribution in [2.45, 2.75) is 12.6 Å². The summed E-state index contributed by atoms with van der Waals surface area (Å²) in [4.78, 5) is 13.5. The normalized spacial score (nSPS) is 19.4. The van der Waals surface area contributed by atoms with Gasteiger partial charge in [0.15, 0.2) is 0 Å². The number of amides is 1. The van der Waals surface area contributed by atoms with Crippen LogP contribution in [0.4, 0.5) is 4.39 Å². The van der Waals surface area contributed by atoms with Gasteiger partial charge in [-0.25, -0.2) is 9.40 Å². The molecule has 0 spiro atoms. The van der Waals surface area contributed by atoms with E-state index in [1.165, 1.54) is 12.1 Å². The molecule has 1 amide bonds. The molecule has 7 heteroatoms. The minimum absolute atomic E-state index is 0.0512. The maximum absolute atomic E-state index is 13.9. The Morgan fingerprint density at radius 3 is 2.52 bits per heavy atom. The molecule has 33 heavy (non-hydrogen) atoms. The van der Waals surface area contributed by atoms with Crippen LogP contribution in [0.25, 0.3) is 0 Å². The Bertz CT molecular complexity index is 1160. The number of halogens is 1. The summed E-state index contributed by atoms with van der Waals surface area (Å²) in [6.45, 7) is 1.44. The zero-order valence-electron chi connectivity index (χ0n) is 18.5. The van der Waals surface area contributed by atoms with Gasteiger partial charge in [0.05, 0.1) is 26.9 Å². The van der Waals surface area contributed by atoms with Crippen LogP contribution >= 0.6 is 0 Å². The van der Waals surface area contributed by atoms with Gasteiger partial charge < -0.3 is 14.2 Å². The Labute approximate surface area is 192 Å². The number of ether oxygens (including phenoxy) is 3. The summed E-state index contributed by atoms with van der Waals surface area (Å²) in [5.41, 5.74) is 2.29. The Hall–Kier alpha value is -3.58. The van der Waals surface area contributed by atoms with Crippen molar-refractivity contribution in [3.8, 4) is 17.2 Å². The topological polar surface area (TPSA) is 51.2 Å². The van der Waals surface area contributed by atoms with Crippen molar-refractivity contribution >= 4 is 5.91 Å². The van der Waals surface area contributed by atoms with Crippen LogP contribution in [0.1, 0.15) is 27.5 Å². The third kappa shape index (κ3) is 4.00. The third-order valence-electron chi connectivity index (χ3n) is 6.24. The van der Waals surface area contributed by atoms with Crippen molar-refractivity contribution in [1.82, 2.24) is 10.0 Å². The van der Waals surface area contributed by atoms with Crippen LogP contribution in [0, 0.1) is 11.7 Å². The van der Waals surface area contributed by atoms with E-state index in [1.807, 2.05) is 42.5 Å². The van der Waals surface area contributed by atoms with E-state index in [0.717, 1.165) is 16.9 Å². The summed E-state index contributed by atoms with van der Waals surface area (Å²) in [6, 6.07) is 19.4. The Morgan fingerprint density at radius 2 is 1.79 bits per heavy atom.